The first-order valence-corrected chi connectivity index (χ1v) is 21.5. The molecule has 3 aliphatic rings. The third-order valence-corrected chi connectivity index (χ3v) is 11.4. The Balaban J connectivity index is 0.749. The van der Waals surface area contributed by atoms with Crippen LogP contribution in [0, 0.1) is 16.7 Å². The summed E-state index contributed by atoms with van der Waals surface area (Å²) < 4.78 is 63.3. The van der Waals surface area contributed by atoms with Crippen LogP contribution in [-0.4, -0.2) is 111 Å². The second kappa shape index (κ2) is 20.6. The number of nitriles is 1. The SMILES string of the molecule is CC1(C)CN(Cc2ccc(-c3ccc(NCCOCCOCCOCCNc4cccc5c4C(=O)N(C4CCC(=O)NC4=O)C5=O)cc3)cc2)C(=O)C1Oc1ccc(C#N)c(C(F)(F)F)c1. The molecule has 2 unspecified atom stereocenters. The Kier molecular flexibility index (Phi) is 14.7. The molecule has 7 rings (SSSR count). The van der Waals surface area contributed by atoms with Crippen LogP contribution in [0.5, 0.6) is 5.75 Å². The van der Waals surface area contributed by atoms with Gasteiger partial charge < -0.3 is 34.5 Å². The molecule has 0 aliphatic carbocycles. The van der Waals surface area contributed by atoms with Gasteiger partial charge in [-0.05, 0) is 65.6 Å². The van der Waals surface area contributed by atoms with Crippen molar-refractivity contribution in [3.63, 3.8) is 0 Å². The topological polar surface area (TPSA) is 189 Å². The summed E-state index contributed by atoms with van der Waals surface area (Å²) in [5.74, 6) is -2.68. The Morgan fingerprint density at radius 1 is 0.803 bits per heavy atom. The van der Waals surface area contributed by atoms with Crippen LogP contribution in [0.1, 0.15) is 64.1 Å². The molecule has 15 nitrogen and oxygen atoms in total. The highest BCUT2D eigenvalue weighted by molar-refractivity contribution is 6.25. The predicted octanol–water partition coefficient (Wildman–Crippen LogP) is 6.04. The molecule has 5 amide bonds. The highest BCUT2D eigenvalue weighted by Gasteiger charge is 2.49. The number of piperidine rings is 1. The zero-order valence-electron chi connectivity index (χ0n) is 36.4. The van der Waals surface area contributed by atoms with E-state index in [1.54, 1.807) is 29.2 Å². The minimum atomic E-state index is -4.74. The van der Waals surface area contributed by atoms with Gasteiger partial charge in [-0.2, -0.15) is 18.4 Å². The number of halogens is 3. The minimum absolute atomic E-state index is 0.0488. The van der Waals surface area contributed by atoms with Gasteiger partial charge in [0.1, 0.15) is 11.8 Å². The third kappa shape index (κ3) is 11.0. The van der Waals surface area contributed by atoms with Crippen molar-refractivity contribution in [2.24, 2.45) is 5.41 Å². The van der Waals surface area contributed by atoms with E-state index in [1.807, 2.05) is 62.4 Å². The number of amides is 5. The van der Waals surface area contributed by atoms with E-state index in [0.717, 1.165) is 39.4 Å². The van der Waals surface area contributed by atoms with Gasteiger partial charge in [0.2, 0.25) is 11.8 Å². The molecule has 0 radical (unpaired) electrons. The van der Waals surface area contributed by atoms with Gasteiger partial charge in [-0.3, -0.25) is 34.2 Å². The van der Waals surface area contributed by atoms with E-state index < -0.39 is 58.5 Å². The fraction of sp³-hybridized carbons (Fsp3) is 0.375. The quantitative estimate of drug-likeness (QED) is 0.0691. The third-order valence-electron chi connectivity index (χ3n) is 11.4. The summed E-state index contributed by atoms with van der Waals surface area (Å²) in [6.45, 7) is 7.55. The molecule has 0 spiro atoms. The molecule has 3 N–H and O–H groups in total. The number of alkyl halides is 3. The van der Waals surface area contributed by atoms with Gasteiger partial charge in [0, 0.05) is 49.4 Å². The first kappa shape index (κ1) is 47.2. The largest absolute Gasteiger partial charge is 0.480 e. The molecule has 4 aromatic carbocycles. The lowest BCUT2D eigenvalue weighted by Crippen LogP contribution is -2.54. The van der Waals surface area contributed by atoms with Crippen LogP contribution in [0.25, 0.3) is 11.1 Å². The van der Waals surface area contributed by atoms with Crippen LogP contribution >= 0.6 is 0 Å². The molecule has 0 aromatic heterocycles. The highest BCUT2D eigenvalue weighted by Crippen LogP contribution is 2.39. The van der Waals surface area contributed by atoms with Crippen LogP contribution in [0.3, 0.4) is 0 Å². The summed E-state index contributed by atoms with van der Waals surface area (Å²) >= 11 is 0. The Morgan fingerprint density at radius 3 is 2.08 bits per heavy atom. The van der Waals surface area contributed by atoms with E-state index in [1.165, 1.54) is 6.07 Å². The first-order chi connectivity index (χ1) is 31.6. The van der Waals surface area contributed by atoms with Crippen LogP contribution in [0.15, 0.2) is 84.9 Å². The van der Waals surface area contributed by atoms with Gasteiger partial charge in [-0.15, -0.1) is 0 Å². The maximum absolute atomic E-state index is 13.5. The van der Waals surface area contributed by atoms with E-state index in [2.05, 4.69) is 16.0 Å². The van der Waals surface area contributed by atoms with Crippen molar-refractivity contribution >= 4 is 40.9 Å². The number of ether oxygens (including phenoxy) is 4. The predicted molar refractivity (Wildman–Crippen MR) is 234 cm³/mol. The number of hydrogen-bond donors (Lipinski definition) is 3. The monoisotopic (exact) mass is 910 g/mol. The molecule has 66 heavy (non-hydrogen) atoms. The lowest BCUT2D eigenvalue weighted by Gasteiger charge is -2.27. The van der Waals surface area contributed by atoms with Crippen molar-refractivity contribution in [3.8, 4) is 22.9 Å². The second-order valence-electron chi connectivity index (χ2n) is 16.6. The average molecular weight is 911 g/mol. The molecule has 4 aromatic rings. The lowest BCUT2D eigenvalue weighted by molar-refractivity contribution is -0.138. The van der Waals surface area contributed by atoms with Crippen LogP contribution in [-0.2, 0) is 41.3 Å². The van der Waals surface area contributed by atoms with E-state index in [0.29, 0.717) is 71.5 Å². The van der Waals surface area contributed by atoms with Crippen molar-refractivity contribution in [3.05, 3.63) is 113 Å². The smallest absolute Gasteiger partial charge is 0.417 e. The van der Waals surface area contributed by atoms with E-state index in [-0.39, 0.29) is 35.6 Å². The first-order valence-electron chi connectivity index (χ1n) is 21.5. The van der Waals surface area contributed by atoms with Crippen molar-refractivity contribution in [1.29, 1.82) is 5.26 Å². The van der Waals surface area contributed by atoms with E-state index >= 15 is 0 Å². The number of rotatable bonds is 20. The number of anilines is 2. The summed E-state index contributed by atoms with van der Waals surface area (Å²) in [7, 11) is 0. The normalized spacial score (nSPS) is 18.0. The van der Waals surface area contributed by atoms with Crippen molar-refractivity contribution in [1.82, 2.24) is 15.1 Å². The van der Waals surface area contributed by atoms with Crippen LogP contribution in [0.2, 0.25) is 0 Å². The molecule has 2 atom stereocenters. The summed E-state index contributed by atoms with van der Waals surface area (Å²) in [6.07, 6.45) is -5.61. The van der Waals surface area contributed by atoms with Crippen LogP contribution < -0.4 is 20.7 Å². The second-order valence-corrected chi connectivity index (χ2v) is 16.6. The van der Waals surface area contributed by atoms with Crippen molar-refractivity contribution in [2.45, 2.75) is 51.6 Å². The van der Waals surface area contributed by atoms with Crippen molar-refractivity contribution in [2.75, 3.05) is 69.9 Å². The number of likely N-dealkylation sites (tertiary alicyclic amines) is 1. The zero-order chi connectivity index (χ0) is 47.0. The standard InChI is InChI=1S/C48H49F3N6O9/c1-47(2)29-56(46(62)42(47)66-35-15-12-33(27-52)37(26-35)48(49,50)51)28-30-6-8-31(9-7-30)32-10-13-34(14-11-32)53-18-20-63-22-24-65-25-23-64-21-19-54-38-5-3-4-36-41(38)45(61)57(44(36)60)39-16-17-40(58)55-43(39)59/h3-15,26,39,42,53-54H,16-25,28-29H2,1-2H3,(H,55,58,59). The van der Waals surface area contributed by atoms with Gasteiger partial charge in [0.05, 0.1) is 68.0 Å². The maximum Gasteiger partial charge on any atom is 0.417 e. The van der Waals surface area contributed by atoms with E-state index in [4.69, 9.17) is 24.2 Å². The Morgan fingerprint density at radius 2 is 1.44 bits per heavy atom. The fourth-order valence-corrected chi connectivity index (χ4v) is 8.09. The Hall–Kier alpha value is -6.81. The number of carbonyl (C=O) groups excluding carboxylic acids is 5. The fourth-order valence-electron chi connectivity index (χ4n) is 8.09. The highest BCUT2D eigenvalue weighted by atomic mass is 19.4. The van der Waals surface area contributed by atoms with E-state index in [9.17, 15) is 37.1 Å². The van der Waals surface area contributed by atoms with Gasteiger partial charge in [-0.1, -0.05) is 56.3 Å². The van der Waals surface area contributed by atoms with Gasteiger partial charge in [-0.25, -0.2) is 0 Å². The number of hydrogen-bond acceptors (Lipinski definition) is 12. The molecule has 0 bridgehead atoms. The van der Waals surface area contributed by atoms with Gasteiger partial charge in [0.25, 0.3) is 17.7 Å². The Labute approximate surface area is 379 Å². The molecule has 2 saturated heterocycles. The molecule has 2 fully saturated rings. The molecule has 3 aliphatic heterocycles. The number of imide groups is 2. The average Bonchev–Trinajstić information content (AvgIpc) is 3.67. The molecular weight excluding hydrogens is 862 g/mol. The summed E-state index contributed by atoms with van der Waals surface area (Å²) in [4.78, 5) is 66.2. The number of nitrogens with zero attached hydrogens (tertiary/aromatic N) is 3. The molecule has 3 heterocycles. The van der Waals surface area contributed by atoms with Gasteiger partial charge >= 0.3 is 6.18 Å². The molecular formula is C48H49F3N6O9. The minimum Gasteiger partial charge on any atom is -0.480 e. The number of benzene rings is 4. The summed E-state index contributed by atoms with van der Waals surface area (Å²) in [5.41, 5.74) is 2.35. The molecule has 346 valence electrons. The number of carbonyl (C=O) groups is 5. The summed E-state index contributed by atoms with van der Waals surface area (Å²) in [6, 6.07) is 24.3. The summed E-state index contributed by atoms with van der Waals surface area (Å²) in [5, 5.41) is 17.8. The number of fused-ring (bicyclic) bond motifs is 1. The van der Waals surface area contributed by atoms with Crippen LogP contribution in [0.4, 0.5) is 24.5 Å². The van der Waals surface area contributed by atoms with Crippen molar-refractivity contribution < 1.29 is 56.1 Å². The molecule has 18 heteroatoms. The molecule has 0 saturated carbocycles. The Bertz CT molecular complexity index is 2490. The van der Waals surface area contributed by atoms with Gasteiger partial charge in [0.15, 0.2) is 6.10 Å². The number of nitrogens with one attached hydrogen (secondary N) is 3. The lowest BCUT2D eigenvalue weighted by atomic mass is 9.89. The maximum atomic E-state index is 13.5. The zero-order valence-corrected chi connectivity index (χ0v) is 36.4.